The summed E-state index contributed by atoms with van der Waals surface area (Å²) in [5.74, 6) is -0.300. The SMILES string of the molecule is Nc1cc(-c2ccc(Cl)cc2)sc1C(=O)Nc1ccc(N2CC[C@@H](O)C2)c(CO)c1. The Morgan fingerprint density at radius 3 is 2.67 bits per heavy atom. The van der Waals surface area contributed by atoms with E-state index in [1.165, 1.54) is 11.3 Å². The van der Waals surface area contributed by atoms with E-state index in [-0.39, 0.29) is 18.6 Å². The lowest BCUT2D eigenvalue weighted by Gasteiger charge is -2.21. The van der Waals surface area contributed by atoms with Crippen LogP contribution >= 0.6 is 22.9 Å². The molecule has 1 fully saturated rings. The number of benzene rings is 2. The number of nitrogens with two attached hydrogens (primary N) is 1. The van der Waals surface area contributed by atoms with Crippen LogP contribution < -0.4 is 16.0 Å². The minimum absolute atomic E-state index is 0.159. The van der Waals surface area contributed by atoms with Gasteiger partial charge in [-0.1, -0.05) is 23.7 Å². The van der Waals surface area contributed by atoms with E-state index in [1.807, 2.05) is 23.1 Å². The number of amides is 1. The van der Waals surface area contributed by atoms with E-state index in [4.69, 9.17) is 17.3 Å². The van der Waals surface area contributed by atoms with E-state index in [9.17, 15) is 15.0 Å². The second-order valence-electron chi connectivity index (χ2n) is 7.25. The van der Waals surface area contributed by atoms with E-state index in [0.29, 0.717) is 39.8 Å². The van der Waals surface area contributed by atoms with Gasteiger partial charge in [-0.3, -0.25) is 4.79 Å². The Morgan fingerprint density at radius 1 is 1.23 bits per heavy atom. The number of carbonyl (C=O) groups excluding carboxylic acids is 1. The summed E-state index contributed by atoms with van der Waals surface area (Å²) in [7, 11) is 0. The molecule has 0 bridgehead atoms. The zero-order valence-corrected chi connectivity index (χ0v) is 17.7. The van der Waals surface area contributed by atoms with E-state index in [2.05, 4.69) is 5.32 Å². The summed E-state index contributed by atoms with van der Waals surface area (Å²) in [5.41, 5.74) is 9.58. The van der Waals surface area contributed by atoms with Crippen LogP contribution in [0.1, 0.15) is 21.7 Å². The highest BCUT2D eigenvalue weighted by Gasteiger charge is 2.23. The molecule has 0 saturated carbocycles. The van der Waals surface area contributed by atoms with Gasteiger partial charge in [-0.25, -0.2) is 0 Å². The summed E-state index contributed by atoms with van der Waals surface area (Å²) in [6.07, 6.45) is 0.351. The van der Waals surface area contributed by atoms with Crippen molar-refractivity contribution in [1.29, 1.82) is 0 Å². The van der Waals surface area contributed by atoms with Crippen molar-refractivity contribution >= 4 is 45.9 Å². The molecule has 1 atom stereocenters. The minimum atomic E-state index is -0.354. The van der Waals surface area contributed by atoms with Gasteiger partial charge < -0.3 is 26.2 Å². The monoisotopic (exact) mass is 443 g/mol. The third-order valence-corrected chi connectivity index (χ3v) is 6.56. The average Bonchev–Trinajstić information content (AvgIpc) is 3.34. The number of anilines is 3. The summed E-state index contributed by atoms with van der Waals surface area (Å²) >= 11 is 7.26. The van der Waals surface area contributed by atoms with Crippen LogP contribution in [0.25, 0.3) is 10.4 Å². The highest BCUT2D eigenvalue weighted by molar-refractivity contribution is 7.18. The number of halogens is 1. The van der Waals surface area contributed by atoms with Crippen LogP contribution in [0, 0.1) is 0 Å². The molecule has 1 saturated heterocycles. The first-order chi connectivity index (χ1) is 14.4. The number of hydrogen-bond acceptors (Lipinski definition) is 6. The quantitative estimate of drug-likeness (QED) is 0.478. The number of carbonyl (C=O) groups is 1. The molecule has 30 heavy (non-hydrogen) atoms. The molecule has 1 aliphatic rings. The summed E-state index contributed by atoms with van der Waals surface area (Å²) in [6.45, 7) is 1.12. The third-order valence-electron chi connectivity index (χ3n) is 5.11. The molecule has 156 valence electrons. The Labute approximate surface area is 183 Å². The van der Waals surface area contributed by atoms with Crippen LogP contribution in [-0.2, 0) is 6.61 Å². The van der Waals surface area contributed by atoms with Crippen LogP contribution in [0.15, 0.2) is 48.5 Å². The summed E-state index contributed by atoms with van der Waals surface area (Å²) in [6, 6.07) is 14.5. The van der Waals surface area contributed by atoms with Crippen LogP contribution in [0.4, 0.5) is 17.1 Å². The van der Waals surface area contributed by atoms with Gasteiger partial charge in [0.2, 0.25) is 0 Å². The number of hydrogen-bond donors (Lipinski definition) is 4. The van der Waals surface area contributed by atoms with Gasteiger partial charge in [0.1, 0.15) is 4.88 Å². The Bertz CT molecular complexity index is 1070. The highest BCUT2D eigenvalue weighted by atomic mass is 35.5. The van der Waals surface area contributed by atoms with Gasteiger partial charge in [-0.2, -0.15) is 0 Å². The molecule has 0 aliphatic carbocycles. The molecule has 5 N–H and O–H groups in total. The third kappa shape index (κ3) is 4.29. The van der Waals surface area contributed by atoms with Crippen molar-refractivity contribution in [3.05, 3.63) is 64.0 Å². The lowest BCUT2D eigenvalue weighted by Crippen LogP contribution is -2.22. The van der Waals surface area contributed by atoms with Crippen LogP contribution in [-0.4, -0.2) is 35.3 Å². The molecule has 2 aromatic carbocycles. The normalized spacial score (nSPS) is 16.1. The van der Waals surface area contributed by atoms with Crippen LogP contribution in [0.2, 0.25) is 5.02 Å². The van der Waals surface area contributed by atoms with E-state index in [0.717, 1.165) is 22.7 Å². The number of β-amino-alcohol motifs (C(OH)–C–C–N with tert-alkyl or cyclic N) is 1. The second-order valence-corrected chi connectivity index (χ2v) is 8.73. The average molecular weight is 444 g/mol. The summed E-state index contributed by atoms with van der Waals surface area (Å²) in [5, 5.41) is 23.1. The standard InChI is InChI=1S/C22H22ClN3O3S/c23-15-3-1-13(2-4-15)20-10-18(24)21(30-20)22(29)25-16-5-6-19(14(9-16)12-27)26-8-7-17(28)11-26/h1-6,9-10,17,27-28H,7-8,11-12,24H2,(H,25,29)/t17-/m1/s1. The maximum atomic E-state index is 12.8. The molecule has 0 unspecified atom stereocenters. The Hall–Kier alpha value is -2.58. The lowest BCUT2D eigenvalue weighted by molar-refractivity contribution is 0.103. The molecule has 6 nitrogen and oxygen atoms in total. The number of nitrogens with zero attached hydrogens (tertiary/aromatic N) is 1. The van der Waals surface area contributed by atoms with Gasteiger partial charge in [-0.05, 0) is 48.4 Å². The molecular weight excluding hydrogens is 422 g/mol. The van der Waals surface area contributed by atoms with Crippen LogP contribution in [0.5, 0.6) is 0 Å². The van der Waals surface area contributed by atoms with Crippen molar-refractivity contribution in [3.8, 4) is 10.4 Å². The molecule has 1 amide bonds. The fourth-order valence-electron chi connectivity index (χ4n) is 3.59. The molecule has 0 radical (unpaired) electrons. The molecule has 2 heterocycles. The number of aliphatic hydroxyl groups excluding tert-OH is 2. The smallest absolute Gasteiger partial charge is 0.267 e. The van der Waals surface area contributed by atoms with E-state index >= 15 is 0 Å². The fourth-order valence-corrected chi connectivity index (χ4v) is 4.69. The zero-order valence-electron chi connectivity index (χ0n) is 16.1. The van der Waals surface area contributed by atoms with Gasteiger partial charge in [0, 0.05) is 39.9 Å². The maximum absolute atomic E-state index is 12.8. The highest BCUT2D eigenvalue weighted by Crippen LogP contribution is 2.34. The van der Waals surface area contributed by atoms with E-state index in [1.54, 1.807) is 30.3 Å². The molecule has 8 heteroatoms. The maximum Gasteiger partial charge on any atom is 0.267 e. The Balaban J connectivity index is 1.53. The number of nitrogens with one attached hydrogen (secondary N) is 1. The number of rotatable bonds is 5. The topological polar surface area (TPSA) is 98.8 Å². The van der Waals surface area contributed by atoms with Crippen molar-refractivity contribution in [2.24, 2.45) is 0 Å². The lowest BCUT2D eigenvalue weighted by atomic mass is 10.1. The molecule has 1 aliphatic heterocycles. The van der Waals surface area contributed by atoms with Crippen molar-refractivity contribution in [2.75, 3.05) is 29.0 Å². The molecule has 1 aromatic heterocycles. The minimum Gasteiger partial charge on any atom is -0.397 e. The van der Waals surface area contributed by atoms with E-state index < -0.39 is 0 Å². The second kappa shape index (κ2) is 8.65. The first kappa shape index (κ1) is 20.7. The Morgan fingerprint density at radius 2 is 2.00 bits per heavy atom. The van der Waals surface area contributed by atoms with Crippen molar-refractivity contribution in [1.82, 2.24) is 0 Å². The molecule has 3 aromatic rings. The number of aliphatic hydroxyl groups is 2. The van der Waals surface area contributed by atoms with Gasteiger partial charge in [0.15, 0.2) is 0 Å². The van der Waals surface area contributed by atoms with Gasteiger partial charge in [0.05, 0.1) is 18.4 Å². The van der Waals surface area contributed by atoms with Crippen molar-refractivity contribution in [3.63, 3.8) is 0 Å². The number of thiophene rings is 1. The molecule has 4 rings (SSSR count). The predicted molar refractivity (Wildman–Crippen MR) is 122 cm³/mol. The van der Waals surface area contributed by atoms with Crippen molar-refractivity contribution < 1.29 is 15.0 Å². The molecular formula is C22H22ClN3O3S. The van der Waals surface area contributed by atoms with Crippen molar-refractivity contribution in [2.45, 2.75) is 19.1 Å². The molecule has 0 spiro atoms. The van der Waals surface area contributed by atoms with Gasteiger partial charge in [-0.15, -0.1) is 11.3 Å². The Kier molecular flexibility index (Phi) is 5.97. The first-order valence-corrected chi connectivity index (χ1v) is 10.8. The van der Waals surface area contributed by atoms with Gasteiger partial charge >= 0.3 is 0 Å². The van der Waals surface area contributed by atoms with Gasteiger partial charge in [0.25, 0.3) is 5.91 Å². The summed E-state index contributed by atoms with van der Waals surface area (Å²) < 4.78 is 0. The largest absolute Gasteiger partial charge is 0.397 e. The predicted octanol–water partition coefficient (Wildman–Crippen LogP) is 3.97. The summed E-state index contributed by atoms with van der Waals surface area (Å²) in [4.78, 5) is 16.2. The fraction of sp³-hybridized carbons (Fsp3) is 0.227. The first-order valence-electron chi connectivity index (χ1n) is 9.58. The number of nitrogen functional groups attached to an aromatic ring is 1. The zero-order chi connectivity index (χ0) is 21.3. The van der Waals surface area contributed by atoms with Crippen LogP contribution in [0.3, 0.4) is 0 Å².